The summed E-state index contributed by atoms with van der Waals surface area (Å²) in [7, 11) is 1.91. The Morgan fingerprint density at radius 1 is 1.56 bits per heavy atom. The van der Waals surface area contributed by atoms with E-state index in [0.29, 0.717) is 12.3 Å². The van der Waals surface area contributed by atoms with E-state index in [4.69, 9.17) is 0 Å². The number of rotatable bonds is 5. The molecule has 0 unspecified atom stereocenters. The largest absolute Gasteiger partial charge is 0.356 e. The Morgan fingerprint density at radius 3 is 3.06 bits per heavy atom. The molecule has 0 spiro atoms. The number of nitrogens with one attached hydrogen (secondary N) is 1. The van der Waals surface area contributed by atoms with Gasteiger partial charge in [-0.15, -0.1) is 21.5 Å². The maximum atomic E-state index is 11.4. The van der Waals surface area contributed by atoms with Gasteiger partial charge in [-0.25, -0.2) is 0 Å². The van der Waals surface area contributed by atoms with Crippen molar-refractivity contribution < 1.29 is 4.79 Å². The number of hydrogen-bond acceptors (Lipinski definition) is 5. The topological polar surface area (TPSA) is 59.8 Å². The number of thiophene rings is 1. The van der Waals surface area contributed by atoms with Crippen molar-refractivity contribution in [2.24, 2.45) is 7.05 Å². The minimum Gasteiger partial charge on any atom is -0.356 e. The molecule has 0 saturated heterocycles. The molecule has 2 rings (SSSR count). The van der Waals surface area contributed by atoms with E-state index in [0.717, 1.165) is 15.9 Å². The molecule has 1 N–H and O–H groups in total. The van der Waals surface area contributed by atoms with E-state index in [-0.39, 0.29) is 5.91 Å². The van der Waals surface area contributed by atoms with Crippen LogP contribution in [-0.4, -0.2) is 33.0 Å². The van der Waals surface area contributed by atoms with Gasteiger partial charge in [-0.05, 0) is 18.4 Å². The Labute approximate surface area is 114 Å². The summed E-state index contributed by atoms with van der Waals surface area (Å²) < 4.78 is 1.91. The van der Waals surface area contributed by atoms with Crippen LogP contribution in [0.3, 0.4) is 0 Å². The Morgan fingerprint density at radius 2 is 2.39 bits per heavy atom. The second-order valence-electron chi connectivity index (χ2n) is 3.58. The number of carbonyl (C=O) groups is 1. The second kappa shape index (κ2) is 6.01. The van der Waals surface area contributed by atoms with Crippen molar-refractivity contribution in [1.29, 1.82) is 0 Å². The van der Waals surface area contributed by atoms with Crippen LogP contribution in [0.5, 0.6) is 0 Å². The van der Waals surface area contributed by atoms with Crippen LogP contribution in [0.4, 0.5) is 0 Å². The summed E-state index contributed by atoms with van der Waals surface area (Å²) in [6.07, 6.45) is 0. The number of amides is 1. The number of carbonyl (C=O) groups excluding carboxylic acids is 1. The van der Waals surface area contributed by atoms with E-state index >= 15 is 0 Å². The lowest BCUT2D eigenvalue weighted by Crippen LogP contribution is -2.24. The first-order valence-electron chi connectivity index (χ1n) is 5.55. The smallest absolute Gasteiger partial charge is 0.230 e. The van der Waals surface area contributed by atoms with E-state index in [9.17, 15) is 4.79 Å². The molecule has 18 heavy (non-hydrogen) atoms. The standard InChI is InChI=1S/C11H14N4OS2/c1-3-12-9(16)7-18-11-14-13-10(15(11)2)8-5-4-6-17-8/h4-6H,3,7H2,1-2H3,(H,12,16). The maximum Gasteiger partial charge on any atom is 0.230 e. The molecule has 0 radical (unpaired) electrons. The SMILES string of the molecule is CCNC(=O)CSc1nnc(-c2cccs2)n1C. The van der Waals surface area contributed by atoms with Crippen LogP contribution in [0, 0.1) is 0 Å². The highest BCUT2D eigenvalue weighted by atomic mass is 32.2. The van der Waals surface area contributed by atoms with Crippen molar-refractivity contribution in [1.82, 2.24) is 20.1 Å². The monoisotopic (exact) mass is 282 g/mol. The fourth-order valence-corrected chi connectivity index (χ4v) is 2.92. The minimum atomic E-state index is 0.0168. The third-order valence-corrected chi connectivity index (χ3v) is 4.17. The highest BCUT2D eigenvalue weighted by Crippen LogP contribution is 2.25. The molecule has 0 aliphatic rings. The maximum absolute atomic E-state index is 11.4. The summed E-state index contributed by atoms with van der Waals surface area (Å²) in [6, 6.07) is 3.99. The molecule has 2 aromatic rings. The molecule has 0 aromatic carbocycles. The molecule has 2 aromatic heterocycles. The van der Waals surface area contributed by atoms with Crippen molar-refractivity contribution in [3.05, 3.63) is 17.5 Å². The van der Waals surface area contributed by atoms with Gasteiger partial charge in [0.15, 0.2) is 11.0 Å². The lowest BCUT2D eigenvalue weighted by molar-refractivity contribution is -0.118. The van der Waals surface area contributed by atoms with Crippen LogP contribution >= 0.6 is 23.1 Å². The van der Waals surface area contributed by atoms with E-state index in [1.807, 2.05) is 36.1 Å². The molecule has 0 atom stereocenters. The van der Waals surface area contributed by atoms with Crippen molar-refractivity contribution in [3.63, 3.8) is 0 Å². The lowest BCUT2D eigenvalue weighted by Gasteiger charge is -2.02. The van der Waals surface area contributed by atoms with Gasteiger partial charge in [0, 0.05) is 13.6 Å². The molecule has 0 bridgehead atoms. The zero-order valence-electron chi connectivity index (χ0n) is 10.2. The van der Waals surface area contributed by atoms with Gasteiger partial charge < -0.3 is 9.88 Å². The van der Waals surface area contributed by atoms with Gasteiger partial charge in [0.1, 0.15) is 0 Å². The lowest BCUT2D eigenvalue weighted by atomic mass is 10.4. The van der Waals surface area contributed by atoms with Crippen molar-refractivity contribution in [3.8, 4) is 10.7 Å². The third kappa shape index (κ3) is 2.91. The third-order valence-electron chi connectivity index (χ3n) is 2.28. The quantitative estimate of drug-likeness (QED) is 0.849. The van der Waals surface area contributed by atoms with Gasteiger partial charge in [-0.2, -0.15) is 0 Å². The van der Waals surface area contributed by atoms with Crippen molar-refractivity contribution in [2.75, 3.05) is 12.3 Å². The normalized spacial score (nSPS) is 10.6. The average molecular weight is 282 g/mol. The first-order valence-corrected chi connectivity index (χ1v) is 7.41. The van der Waals surface area contributed by atoms with E-state index in [1.54, 1.807) is 11.3 Å². The molecule has 96 valence electrons. The summed E-state index contributed by atoms with van der Waals surface area (Å²) in [6.45, 7) is 2.55. The second-order valence-corrected chi connectivity index (χ2v) is 5.47. The van der Waals surface area contributed by atoms with Crippen molar-refractivity contribution >= 4 is 29.0 Å². The molecule has 7 heteroatoms. The molecule has 0 saturated carbocycles. The fourth-order valence-electron chi connectivity index (χ4n) is 1.44. The van der Waals surface area contributed by atoms with E-state index in [2.05, 4.69) is 15.5 Å². The van der Waals surface area contributed by atoms with Crippen LogP contribution in [0.15, 0.2) is 22.7 Å². The van der Waals surface area contributed by atoms with Gasteiger partial charge in [0.25, 0.3) is 0 Å². The molecule has 1 amide bonds. The predicted octanol–water partition coefficient (Wildman–Crippen LogP) is 1.77. The van der Waals surface area contributed by atoms with Crippen LogP contribution < -0.4 is 5.32 Å². The van der Waals surface area contributed by atoms with Crippen LogP contribution in [0.2, 0.25) is 0 Å². The summed E-state index contributed by atoms with van der Waals surface area (Å²) in [4.78, 5) is 12.5. The highest BCUT2D eigenvalue weighted by Gasteiger charge is 2.12. The first kappa shape index (κ1) is 13.1. The number of thioether (sulfide) groups is 1. The molecular formula is C11H14N4OS2. The van der Waals surface area contributed by atoms with E-state index in [1.165, 1.54) is 11.8 Å². The molecule has 0 aliphatic heterocycles. The summed E-state index contributed by atoms with van der Waals surface area (Å²) in [5, 5.41) is 13.8. The molecule has 0 fully saturated rings. The molecule has 2 heterocycles. The molecule has 5 nitrogen and oxygen atoms in total. The average Bonchev–Trinajstić information content (AvgIpc) is 2.96. The Balaban J connectivity index is 2.05. The zero-order chi connectivity index (χ0) is 13.0. The Bertz CT molecular complexity index is 521. The Hall–Kier alpha value is -1.34. The summed E-state index contributed by atoms with van der Waals surface area (Å²) >= 11 is 3.02. The van der Waals surface area contributed by atoms with Gasteiger partial charge in [-0.3, -0.25) is 4.79 Å². The highest BCUT2D eigenvalue weighted by molar-refractivity contribution is 7.99. The summed E-state index contributed by atoms with van der Waals surface area (Å²) in [5.41, 5.74) is 0. The van der Waals surface area contributed by atoms with Gasteiger partial charge in [0.2, 0.25) is 5.91 Å². The number of nitrogens with zero attached hydrogens (tertiary/aromatic N) is 3. The molecule has 0 aliphatic carbocycles. The fraction of sp³-hybridized carbons (Fsp3) is 0.364. The van der Waals surface area contributed by atoms with Crippen LogP contribution in [0.1, 0.15) is 6.92 Å². The number of hydrogen-bond donors (Lipinski definition) is 1. The van der Waals surface area contributed by atoms with E-state index < -0.39 is 0 Å². The number of aromatic nitrogens is 3. The van der Waals surface area contributed by atoms with Gasteiger partial charge >= 0.3 is 0 Å². The minimum absolute atomic E-state index is 0.0168. The zero-order valence-corrected chi connectivity index (χ0v) is 11.8. The predicted molar refractivity (Wildman–Crippen MR) is 73.7 cm³/mol. The van der Waals surface area contributed by atoms with Crippen LogP contribution in [-0.2, 0) is 11.8 Å². The first-order chi connectivity index (χ1) is 8.72. The van der Waals surface area contributed by atoms with Crippen LogP contribution in [0.25, 0.3) is 10.7 Å². The van der Waals surface area contributed by atoms with Crippen molar-refractivity contribution in [2.45, 2.75) is 12.1 Å². The molecular weight excluding hydrogens is 268 g/mol. The van der Waals surface area contributed by atoms with Gasteiger partial charge in [-0.1, -0.05) is 17.8 Å². The Kier molecular flexibility index (Phi) is 4.38. The van der Waals surface area contributed by atoms with Gasteiger partial charge in [0.05, 0.1) is 10.6 Å². The summed E-state index contributed by atoms with van der Waals surface area (Å²) in [5.74, 6) is 1.22.